The molecule has 0 unspecified atom stereocenters. The zero-order valence-corrected chi connectivity index (χ0v) is 13.7. The van der Waals surface area contributed by atoms with Crippen LogP contribution in [0, 0.1) is 32.1 Å². The van der Waals surface area contributed by atoms with E-state index in [2.05, 4.69) is 6.07 Å². The minimum atomic E-state index is -3.99. The first-order valence-electron chi connectivity index (χ1n) is 7.32. The molecule has 0 saturated carbocycles. The first-order chi connectivity index (χ1) is 10.2. The largest absolute Gasteiger partial charge is 0.737 e. The summed E-state index contributed by atoms with van der Waals surface area (Å²) in [4.78, 5) is 0. The van der Waals surface area contributed by atoms with Crippen LogP contribution in [0.5, 0.6) is 0 Å². The molecule has 0 spiro atoms. The molecule has 2 aliphatic rings. The second-order valence-electron chi connectivity index (χ2n) is 6.18. The number of hydrogen-bond acceptors (Lipinski definition) is 1. The Morgan fingerprint density at radius 1 is 1.00 bits per heavy atom. The van der Waals surface area contributed by atoms with Gasteiger partial charge in [0.2, 0.25) is 0 Å². The molecule has 22 heavy (non-hydrogen) atoms. The molecule has 6 heteroatoms. The van der Waals surface area contributed by atoms with Crippen LogP contribution in [-0.4, -0.2) is 21.6 Å². The highest BCUT2D eigenvalue weighted by Gasteiger charge is 2.56. The van der Waals surface area contributed by atoms with Crippen LogP contribution in [-0.2, 0) is 0 Å². The Hall–Kier alpha value is -2.16. The van der Waals surface area contributed by atoms with E-state index in [-0.39, 0.29) is 0 Å². The molecular formula is C16H18BF2N3. The molecule has 0 saturated heterocycles. The highest BCUT2D eigenvalue weighted by atomic mass is 19.2. The Morgan fingerprint density at radius 2 is 1.59 bits per heavy atom. The normalized spacial score (nSPS) is 19.6. The number of hydrogen-bond donors (Lipinski definition) is 0. The number of nitrogens with zero attached hydrogens (tertiary/aromatic N) is 3. The summed E-state index contributed by atoms with van der Waals surface area (Å²) in [6.45, 7) is 6.68. The second-order valence-corrected chi connectivity index (χ2v) is 6.18. The summed E-state index contributed by atoms with van der Waals surface area (Å²) < 4.78 is 32.7. The fourth-order valence-corrected chi connectivity index (χ4v) is 3.68. The van der Waals surface area contributed by atoms with Crippen molar-refractivity contribution in [1.29, 1.82) is 5.26 Å². The molecule has 114 valence electrons. The first kappa shape index (κ1) is 14.8. The predicted octanol–water partition coefficient (Wildman–Crippen LogP) is 3.71. The molecule has 0 amide bonds. The summed E-state index contributed by atoms with van der Waals surface area (Å²) in [5, 5.41) is 9.65. The fourth-order valence-electron chi connectivity index (χ4n) is 3.68. The summed E-state index contributed by atoms with van der Waals surface area (Å²) in [5.74, 6) is 0. The Kier molecular flexibility index (Phi) is 2.81. The van der Waals surface area contributed by atoms with Crippen molar-refractivity contribution in [2.24, 2.45) is 0 Å². The number of nitriles is 1. The fraction of sp³-hybridized carbons (Fsp3) is 0.375. The maximum atomic E-state index is 15.3. The lowest BCUT2D eigenvalue weighted by atomic mass is 9.86. The van der Waals surface area contributed by atoms with Gasteiger partial charge < -0.3 is 17.6 Å². The summed E-state index contributed by atoms with van der Waals surface area (Å²) in [5.41, 5.74) is 5.31. The molecule has 1 aromatic heterocycles. The number of halogens is 2. The number of aromatic nitrogens is 1. The Balaban J connectivity index is 2.57. The quantitative estimate of drug-likeness (QED) is 0.672. The van der Waals surface area contributed by atoms with Crippen LogP contribution in [0.1, 0.15) is 43.3 Å². The topological polar surface area (TPSA) is 31.7 Å². The molecule has 0 atom stereocenters. The minimum absolute atomic E-state index is 0.343. The van der Waals surface area contributed by atoms with Crippen LogP contribution in [0.3, 0.4) is 0 Å². The number of fused-ring (bicyclic) bond motifs is 2. The average Bonchev–Trinajstić information content (AvgIpc) is 2.82. The average molecular weight is 301 g/mol. The van der Waals surface area contributed by atoms with Crippen LogP contribution in [0.4, 0.5) is 8.63 Å². The Morgan fingerprint density at radius 3 is 2.14 bits per heavy atom. The number of allylic oxidation sites excluding steroid dienone is 3. The van der Waals surface area contributed by atoms with Gasteiger partial charge in [0.1, 0.15) is 17.4 Å². The molecule has 2 aliphatic heterocycles. The predicted molar refractivity (Wildman–Crippen MR) is 83.9 cm³/mol. The minimum Gasteiger partial charge on any atom is -0.392 e. The molecule has 0 fully saturated rings. The van der Waals surface area contributed by atoms with Crippen molar-refractivity contribution >= 4 is 18.3 Å². The van der Waals surface area contributed by atoms with Gasteiger partial charge in [-0.25, -0.2) is 0 Å². The molecule has 3 heterocycles. The van der Waals surface area contributed by atoms with Gasteiger partial charge in [-0.2, -0.15) is 5.26 Å². The smallest absolute Gasteiger partial charge is 0.392 e. The van der Waals surface area contributed by atoms with Gasteiger partial charge >= 0.3 is 6.97 Å². The van der Waals surface area contributed by atoms with Crippen molar-refractivity contribution in [3.8, 4) is 6.07 Å². The molecular weight excluding hydrogens is 283 g/mol. The molecule has 3 rings (SSSR count). The zero-order valence-electron chi connectivity index (χ0n) is 13.7. The second kappa shape index (κ2) is 4.19. The van der Waals surface area contributed by atoms with Crippen LogP contribution in [0.25, 0.3) is 5.57 Å². The molecule has 0 aliphatic carbocycles. The van der Waals surface area contributed by atoms with Crippen LogP contribution >= 0.6 is 0 Å². The van der Waals surface area contributed by atoms with E-state index < -0.39 is 6.97 Å². The van der Waals surface area contributed by atoms with E-state index in [0.29, 0.717) is 28.4 Å². The van der Waals surface area contributed by atoms with Crippen molar-refractivity contribution in [2.75, 3.05) is 0 Å². The van der Waals surface area contributed by atoms with Crippen LogP contribution in [0.15, 0.2) is 16.8 Å². The van der Waals surface area contributed by atoms with Crippen molar-refractivity contribution in [1.82, 2.24) is 4.48 Å². The van der Waals surface area contributed by atoms with Crippen LogP contribution < -0.4 is 0 Å². The Labute approximate surface area is 128 Å². The van der Waals surface area contributed by atoms with Crippen molar-refractivity contribution in [2.45, 2.75) is 41.5 Å². The third-order valence-corrected chi connectivity index (χ3v) is 5.33. The molecule has 0 aromatic carbocycles. The SMILES string of the molecule is CC1=C(C)C(C)=[N+]2C1=C(C#N)c1c(C)c(C)c(C)n1[B-]2(F)F. The Bertz CT molecular complexity index is 876. The monoisotopic (exact) mass is 301 g/mol. The summed E-state index contributed by atoms with van der Waals surface area (Å²) in [6, 6.07) is 2.17. The molecule has 3 nitrogen and oxygen atoms in total. The van der Waals surface area contributed by atoms with Crippen LogP contribution in [0.2, 0.25) is 0 Å². The first-order valence-corrected chi connectivity index (χ1v) is 7.32. The van der Waals surface area contributed by atoms with E-state index in [4.69, 9.17) is 0 Å². The van der Waals surface area contributed by atoms with E-state index in [1.807, 2.05) is 27.7 Å². The van der Waals surface area contributed by atoms with E-state index in [0.717, 1.165) is 31.2 Å². The van der Waals surface area contributed by atoms with Gasteiger partial charge in [-0.1, -0.05) is 0 Å². The lowest BCUT2D eigenvalue weighted by Crippen LogP contribution is -2.51. The maximum absolute atomic E-state index is 15.3. The van der Waals surface area contributed by atoms with Gasteiger partial charge in [-0.05, 0) is 51.4 Å². The molecule has 0 N–H and O–H groups in total. The van der Waals surface area contributed by atoms with Crippen molar-refractivity contribution < 1.29 is 13.1 Å². The summed E-state index contributed by atoms with van der Waals surface area (Å²) in [6.07, 6.45) is 0. The van der Waals surface area contributed by atoms with Gasteiger partial charge in [0, 0.05) is 23.8 Å². The molecule has 0 radical (unpaired) electrons. The van der Waals surface area contributed by atoms with Crippen molar-refractivity contribution in [3.05, 3.63) is 39.4 Å². The van der Waals surface area contributed by atoms with Crippen molar-refractivity contribution in [3.63, 3.8) is 0 Å². The summed E-state index contributed by atoms with van der Waals surface area (Å²) in [7, 11) is 0. The molecule has 1 aromatic rings. The van der Waals surface area contributed by atoms with E-state index in [1.54, 1.807) is 13.8 Å². The number of rotatable bonds is 0. The van der Waals surface area contributed by atoms with Gasteiger partial charge in [-0.3, -0.25) is 0 Å². The lowest BCUT2D eigenvalue weighted by molar-refractivity contribution is -0.363. The standard InChI is InChI=1S/C16H18BF2N3/c1-8-10(3)15-14(7-20)16-11(4)9(2)13(6)22(16)17(18,19)21(15)12(8)5/h1-6H3. The van der Waals surface area contributed by atoms with Gasteiger partial charge in [0.25, 0.3) is 0 Å². The third kappa shape index (κ3) is 1.41. The van der Waals surface area contributed by atoms with Gasteiger partial charge in [-0.15, -0.1) is 0 Å². The van der Waals surface area contributed by atoms with Gasteiger partial charge in [0.15, 0.2) is 5.70 Å². The summed E-state index contributed by atoms with van der Waals surface area (Å²) >= 11 is 0. The maximum Gasteiger partial charge on any atom is 0.737 e. The van der Waals surface area contributed by atoms with E-state index >= 15 is 8.63 Å². The third-order valence-electron chi connectivity index (χ3n) is 5.33. The zero-order chi connectivity index (χ0) is 16.6. The van der Waals surface area contributed by atoms with E-state index in [1.165, 1.54) is 0 Å². The van der Waals surface area contributed by atoms with Gasteiger partial charge in [0.05, 0.1) is 0 Å². The lowest BCUT2D eigenvalue weighted by Gasteiger charge is -2.32. The highest BCUT2D eigenvalue weighted by molar-refractivity contribution is 6.58. The molecule has 0 bridgehead atoms. The highest BCUT2D eigenvalue weighted by Crippen LogP contribution is 2.43. The van der Waals surface area contributed by atoms with E-state index in [9.17, 15) is 5.26 Å².